The highest BCUT2D eigenvalue weighted by molar-refractivity contribution is 5.95. The van der Waals surface area contributed by atoms with Crippen LogP contribution in [0.3, 0.4) is 0 Å². The van der Waals surface area contributed by atoms with E-state index in [1.165, 1.54) is 4.90 Å². The Labute approximate surface area is 182 Å². The molecular weight excluding hydrogens is 396 g/mol. The lowest BCUT2D eigenvalue weighted by Crippen LogP contribution is -2.41. The molecule has 1 aliphatic heterocycles. The van der Waals surface area contributed by atoms with Crippen LogP contribution >= 0.6 is 0 Å². The number of nitrogens with zero attached hydrogens (tertiary/aromatic N) is 1. The van der Waals surface area contributed by atoms with Crippen molar-refractivity contribution in [1.29, 1.82) is 0 Å². The number of hydrogen-bond acceptors (Lipinski definition) is 5. The number of carbonyl (C=O) groups excluding carboxylic acids is 3. The molecule has 0 radical (unpaired) electrons. The summed E-state index contributed by atoms with van der Waals surface area (Å²) >= 11 is 0. The minimum atomic E-state index is -0.469. The van der Waals surface area contributed by atoms with E-state index in [-0.39, 0.29) is 19.1 Å². The molecule has 2 aromatic rings. The van der Waals surface area contributed by atoms with Gasteiger partial charge in [0.25, 0.3) is 5.91 Å². The SMILES string of the molecule is CCCN(CC(=O)Nc1ccccc1C)C(=O)COC(=O)C1COc2ccccc2C1. The van der Waals surface area contributed by atoms with Crippen molar-refractivity contribution in [2.75, 3.05) is 31.6 Å². The van der Waals surface area contributed by atoms with Gasteiger partial charge in [-0.05, 0) is 43.0 Å². The fourth-order valence-electron chi connectivity index (χ4n) is 3.46. The molecule has 1 aliphatic rings. The summed E-state index contributed by atoms with van der Waals surface area (Å²) < 4.78 is 10.9. The zero-order chi connectivity index (χ0) is 22.2. The van der Waals surface area contributed by atoms with Crippen molar-refractivity contribution in [3.63, 3.8) is 0 Å². The maximum Gasteiger partial charge on any atom is 0.313 e. The molecule has 1 heterocycles. The van der Waals surface area contributed by atoms with E-state index < -0.39 is 24.4 Å². The summed E-state index contributed by atoms with van der Waals surface area (Å²) in [7, 11) is 0. The topological polar surface area (TPSA) is 84.9 Å². The summed E-state index contributed by atoms with van der Waals surface area (Å²) in [5, 5.41) is 2.82. The zero-order valence-corrected chi connectivity index (χ0v) is 17.9. The van der Waals surface area contributed by atoms with Crippen LogP contribution in [0.25, 0.3) is 0 Å². The van der Waals surface area contributed by atoms with Gasteiger partial charge < -0.3 is 19.7 Å². The van der Waals surface area contributed by atoms with E-state index in [0.29, 0.717) is 25.1 Å². The van der Waals surface area contributed by atoms with Crippen molar-refractivity contribution >= 4 is 23.5 Å². The second kappa shape index (κ2) is 10.6. The normalized spacial score (nSPS) is 14.7. The number of para-hydroxylation sites is 2. The number of amides is 2. The van der Waals surface area contributed by atoms with Crippen LogP contribution in [0.1, 0.15) is 24.5 Å². The Morgan fingerprint density at radius 2 is 1.87 bits per heavy atom. The molecule has 7 nitrogen and oxygen atoms in total. The molecule has 1 unspecified atom stereocenters. The minimum Gasteiger partial charge on any atom is -0.492 e. The van der Waals surface area contributed by atoms with Crippen LogP contribution in [0.2, 0.25) is 0 Å². The number of rotatable bonds is 8. The van der Waals surface area contributed by atoms with Gasteiger partial charge in [-0.25, -0.2) is 0 Å². The standard InChI is InChI=1S/C24H28N2O5/c1-3-12-26(14-22(27)25-20-10-6-4-8-17(20)2)23(28)16-31-24(29)19-13-18-9-5-7-11-21(18)30-15-19/h4-11,19H,3,12-16H2,1-2H3,(H,25,27). The van der Waals surface area contributed by atoms with Crippen molar-refractivity contribution in [2.45, 2.75) is 26.7 Å². The monoisotopic (exact) mass is 424 g/mol. The largest absolute Gasteiger partial charge is 0.492 e. The predicted octanol–water partition coefficient (Wildman–Crippen LogP) is 2.97. The Bertz CT molecular complexity index is 943. The Kier molecular flexibility index (Phi) is 7.65. The number of ether oxygens (including phenoxy) is 2. The summed E-state index contributed by atoms with van der Waals surface area (Å²) in [6.45, 7) is 3.95. The highest BCUT2D eigenvalue weighted by Gasteiger charge is 2.28. The molecule has 1 atom stereocenters. The number of aryl methyl sites for hydroxylation is 1. The maximum atomic E-state index is 12.6. The first-order chi connectivity index (χ1) is 15.0. The number of hydrogen-bond donors (Lipinski definition) is 1. The molecule has 2 amide bonds. The minimum absolute atomic E-state index is 0.0987. The van der Waals surface area contributed by atoms with Crippen LogP contribution in [0.5, 0.6) is 5.75 Å². The molecule has 2 aromatic carbocycles. The quantitative estimate of drug-likeness (QED) is 0.659. The number of nitrogens with one attached hydrogen (secondary N) is 1. The third kappa shape index (κ3) is 6.07. The molecule has 1 N–H and O–H groups in total. The molecule has 0 spiro atoms. The van der Waals surface area contributed by atoms with E-state index >= 15 is 0 Å². The summed E-state index contributed by atoms with van der Waals surface area (Å²) in [6, 6.07) is 15.0. The van der Waals surface area contributed by atoms with Crippen LogP contribution in [0, 0.1) is 12.8 Å². The lowest BCUT2D eigenvalue weighted by Gasteiger charge is -2.25. The predicted molar refractivity (Wildman–Crippen MR) is 117 cm³/mol. The van der Waals surface area contributed by atoms with E-state index in [1.54, 1.807) is 0 Å². The van der Waals surface area contributed by atoms with Gasteiger partial charge in [0, 0.05) is 12.2 Å². The maximum absolute atomic E-state index is 12.6. The molecule has 31 heavy (non-hydrogen) atoms. The van der Waals surface area contributed by atoms with Crippen LogP contribution < -0.4 is 10.1 Å². The van der Waals surface area contributed by atoms with Crippen LogP contribution in [0.15, 0.2) is 48.5 Å². The smallest absolute Gasteiger partial charge is 0.313 e. The van der Waals surface area contributed by atoms with E-state index in [0.717, 1.165) is 16.9 Å². The molecule has 0 saturated carbocycles. The number of carbonyl (C=O) groups is 3. The Morgan fingerprint density at radius 1 is 1.13 bits per heavy atom. The van der Waals surface area contributed by atoms with E-state index in [2.05, 4.69) is 5.32 Å². The number of anilines is 1. The van der Waals surface area contributed by atoms with Gasteiger partial charge in [0.15, 0.2) is 6.61 Å². The number of esters is 1. The van der Waals surface area contributed by atoms with Crippen LogP contribution in [-0.4, -0.2) is 49.0 Å². The lowest BCUT2D eigenvalue weighted by atomic mass is 9.97. The molecule has 0 fully saturated rings. The van der Waals surface area contributed by atoms with Gasteiger partial charge in [-0.2, -0.15) is 0 Å². The number of fused-ring (bicyclic) bond motifs is 1. The van der Waals surface area contributed by atoms with Gasteiger partial charge in [0.05, 0.1) is 12.5 Å². The van der Waals surface area contributed by atoms with Crippen molar-refractivity contribution < 1.29 is 23.9 Å². The molecular formula is C24H28N2O5. The average molecular weight is 424 g/mol. The summed E-state index contributed by atoms with van der Waals surface area (Å²) in [6.07, 6.45) is 1.20. The van der Waals surface area contributed by atoms with Gasteiger partial charge >= 0.3 is 5.97 Å². The summed E-state index contributed by atoms with van der Waals surface area (Å²) in [5.41, 5.74) is 2.59. The lowest BCUT2D eigenvalue weighted by molar-refractivity contribution is -0.156. The molecule has 0 aliphatic carbocycles. The summed E-state index contributed by atoms with van der Waals surface area (Å²) in [4.78, 5) is 38.9. The molecule has 7 heteroatoms. The van der Waals surface area contributed by atoms with Gasteiger partial charge in [-0.1, -0.05) is 43.3 Å². The second-order valence-corrected chi connectivity index (χ2v) is 7.61. The van der Waals surface area contributed by atoms with Crippen LogP contribution in [0.4, 0.5) is 5.69 Å². The molecule has 0 saturated heterocycles. The molecule has 0 bridgehead atoms. The first kappa shape index (κ1) is 22.3. The first-order valence-electron chi connectivity index (χ1n) is 10.5. The fraction of sp³-hybridized carbons (Fsp3) is 0.375. The van der Waals surface area contributed by atoms with E-state index in [9.17, 15) is 14.4 Å². The van der Waals surface area contributed by atoms with Gasteiger partial charge in [-0.3, -0.25) is 14.4 Å². The van der Waals surface area contributed by atoms with E-state index in [4.69, 9.17) is 9.47 Å². The average Bonchev–Trinajstić information content (AvgIpc) is 2.78. The first-order valence-corrected chi connectivity index (χ1v) is 10.5. The van der Waals surface area contributed by atoms with Crippen LogP contribution in [-0.2, 0) is 25.5 Å². The molecule has 0 aromatic heterocycles. The zero-order valence-electron chi connectivity index (χ0n) is 17.9. The second-order valence-electron chi connectivity index (χ2n) is 7.61. The van der Waals surface area contributed by atoms with Gasteiger partial charge in [0.2, 0.25) is 5.91 Å². The van der Waals surface area contributed by atoms with E-state index in [1.807, 2.05) is 62.4 Å². The van der Waals surface area contributed by atoms with Crippen molar-refractivity contribution in [2.24, 2.45) is 5.92 Å². The molecule has 164 valence electrons. The fourth-order valence-corrected chi connectivity index (χ4v) is 3.46. The van der Waals surface area contributed by atoms with Crippen molar-refractivity contribution in [3.05, 3.63) is 59.7 Å². The Morgan fingerprint density at radius 3 is 2.65 bits per heavy atom. The van der Waals surface area contributed by atoms with Gasteiger partial charge in [-0.15, -0.1) is 0 Å². The van der Waals surface area contributed by atoms with Crippen molar-refractivity contribution in [1.82, 2.24) is 4.90 Å². The molecule has 3 rings (SSSR count). The highest BCUT2D eigenvalue weighted by Crippen LogP contribution is 2.27. The Balaban J connectivity index is 1.51. The third-order valence-electron chi connectivity index (χ3n) is 5.15. The van der Waals surface area contributed by atoms with Gasteiger partial charge in [0.1, 0.15) is 12.4 Å². The summed E-state index contributed by atoms with van der Waals surface area (Å²) in [5.74, 6) is -0.835. The third-order valence-corrected chi connectivity index (χ3v) is 5.15. The van der Waals surface area contributed by atoms with Crippen molar-refractivity contribution in [3.8, 4) is 5.75 Å². The highest BCUT2D eigenvalue weighted by atomic mass is 16.5. The number of benzene rings is 2. The Hall–Kier alpha value is -3.35.